The van der Waals surface area contributed by atoms with E-state index in [1.54, 1.807) is 12.1 Å². The quantitative estimate of drug-likeness (QED) is 0.660. The zero-order valence-electron chi connectivity index (χ0n) is 11.5. The van der Waals surface area contributed by atoms with Gasteiger partial charge in [0.1, 0.15) is 11.5 Å². The molecule has 0 spiro atoms. The Balaban J connectivity index is 2.50. The minimum Gasteiger partial charge on any atom is -0.456 e. The first-order chi connectivity index (χ1) is 9.38. The summed E-state index contributed by atoms with van der Waals surface area (Å²) in [5.41, 5.74) is 2.43. The lowest BCUT2D eigenvalue weighted by Gasteiger charge is -2.14. The number of benzene rings is 2. The first kappa shape index (κ1) is 15.1. The molecule has 0 heterocycles. The van der Waals surface area contributed by atoms with Crippen molar-refractivity contribution in [3.8, 4) is 11.5 Å². The maximum Gasteiger partial charge on any atom is 0.163 e. The molecule has 4 heteroatoms. The number of ether oxygens (including phenoxy) is 1. The summed E-state index contributed by atoms with van der Waals surface area (Å²) in [6, 6.07) is 9.06. The van der Waals surface area contributed by atoms with E-state index in [1.165, 1.54) is 6.92 Å². The van der Waals surface area contributed by atoms with Crippen LogP contribution >= 0.6 is 27.5 Å². The van der Waals surface area contributed by atoms with Gasteiger partial charge in [-0.2, -0.15) is 0 Å². The molecule has 2 aromatic rings. The monoisotopic (exact) mass is 352 g/mol. The van der Waals surface area contributed by atoms with Crippen LogP contribution in [-0.4, -0.2) is 5.78 Å². The van der Waals surface area contributed by atoms with Crippen LogP contribution in [0.4, 0.5) is 0 Å². The van der Waals surface area contributed by atoms with E-state index in [2.05, 4.69) is 15.9 Å². The highest BCUT2D eigenvalue weighted by Crippen LogP contribution is 2.34. The lowest BCUT2D eigenvalue weighted by Crippen LogP contribution is -1.99. The molecule has 0 atom stereocenters. The maximum atomic E-state index is 11.7. The number of aryl methyl sites for hydroxylation is 2. The van der Waals surface area contributed by atoms with Crippen LogP contribution < -0.4 is 4.74 Å². The smallest absolute Gasteiger partial charge is 0.163 e. The second kappa shape index (κ2) is 5.98. The van der Waals surface area contributed by atoms with Crippen molar-refractivity contribution in [1.29, 1.82) is 0 Å². The van der Waals surface area contributed by atoms with E-state index in [9.17, 15) is 4.79 Å². The van der Waals surface area contributed by atoms with Gasteiger partial charge in [-0.05, 0) is 62.2 Å². The number of carbonyl (C=O) groups is 1. The fourth-order valence-corrected chi connectivity index (χ4v) is 2.71. The molecule has 0 aliphatic heterocycles. The Morgan fingerprint density at radius 2 is 1.75 bits per heavy atom. The fraction of sp³-hybridized carbons (Fsp3) is 0.188. The van der Waals surface area contributed by atoms with E-state index in [0.29, 0.717) is 16.3 Å². The molecule has 0 aromatic heterocycles. The van der Waals surface area contributed by atoms with Gasteiger partial charge in [-0.25, -0.2) is 0 Å². The first-order valence-electron chi connectivity index (χ1n) is 6.13. The maximum absolute atomic E-state index is 11.7. The Kier molecular flexibility index (Phi) is 4.51. The molecule has 20 heavy (non-hydrogen) atoms. The average molecular weight is 354 g/mol. The molecule has 2 rings (SSSR count). The molecule has 0 bridgehead atoms. The van der Waals surface area contributed by atoms with Crippen LogP contribution in [0.5, 0.6) is 11.5 Å². The van der Waals surface area contributed by atoms with Crippen LogP contribution in [0, 0.1) is 13.8 Å². The van der Waals surface area contributed by atoms with Crippen LogP contribution in [0.25, 0.3) is 0 Å². The molecule has 0 N–H and O–H groups in total. The minimum atomic E-state index is -0.0308. The van der Waals surface area contributed by atoms with Crippen LogP contribution in [0.3, 0.4) is 0 Å². The second-order valence-electron chi connectivity index (χ2n) is 4.67. The predicted molar refractivity (Wildman–Crippen MR) is 85.1 cm³/mol. The van der Waals surface area contributed by atoms with E-state index >= 15 is 0 Å². The Hall–Kier alpha value is -1.32. The van der Waals surface area contributed by atoms with Gasteiger partial charge in [0.15, 0.2) is 5.78 Å². The molecule has 0 fully saturated rings. The molecule has 0 saturated heterocycles. The summed E-state index contributed by atoms with van der Waals surface area (Å²) >= 11 is 9.41. The van der Waals surface area contributed by atoms with E-state index < -0.39 is 0 Å². The highest BCUT2D eigenvalue weighted by molar-refractivity contribution is 9.10. The van der Waals surface area contributed by atoms with E-state index in [1.807, 2.05) is 32.0 Å². The normalized spacial score (nSPS) is 10.4. The van der Waals surface area contributed by atoms with Crippen molar-refractivity contribution >= 4 is 33.3 Å². The summed E-state index contributed by atoms with van der Waals surface area (Å²) < 4.78 is 6.82. The lowest BCUT2D eigenvalue weighted by molar-refractivity contribution is 0.101. The zero-order chi connectivity index (χ0) is 14.9. The summed E-state index contributed by atoms with van der Waals surface area (Å²) in [5.74, 6) is 1.24. The van der Waals surface area contributed by atoms with Gasteiger partial charge in [-0.1, -0.05) is 27.5 Å². The first-order valence-corrected chi connectivity index (χ1v) is 7.30. The van der Waals surface area contributed by atoms with Crippen molar-refractivity contribution in [3.63, 3.8) is 0 Å². The molecule has 2 aromatic carbocycles. The number of rotatable bonds is 3. The topological polar surface area (TPSA) is 26.3 Å². The van der Waals surface area contributed by atoms with Crippen molar-refractivity contribution in [3.05, 3.63) is 56.5 Å². The molecule has 104 valence electrons. The summed E-state index contributed by atoms with van der Waals surface area (Å²) in [6.07, 6.45) is 0. The largest absolute Gasteiger partial charge is 0.456 e. The van der Waals surface area contributed by atoms with Gasteiger partial charge >= 0.3 is 0 Å². The van der Waals surface area contributed by atoms with Crippen LogP contribution in [0.15, 0.2) is 34.8 Å². The van der Waals surface area contributed by atoms with E-state index in [4.69, 9.17) is 16.3 Å². The fourth-order valence-electron chi connectivity index (χ4n) is 2.04. The molecular formula is C16H14BrClO2. The van der Waals surface area contributed by atoms with Gasteiger partial charge in [0, 0.05) is 9.50 Å². The minimum absolute atomic E-state index is 0.0308. The molecule has 0 radical (unpaired) electrons. The molecule has 2 nitrogen and oxygen atoms in total. The standard InChI is InChI=1S/C16H14BrClO2/c1-9-6-13(18)7-10(2)16(9)20-15-8-12(17)4-5-14(15)11(3)19/h4-8H,1-3H3. The Bertz CT molecular complexity index is 657. The van der Waals surface area contributed by atoms with Gasteiger partial charge in [0.25, 0.3) is 0 Å². The molecule has 0 saturated carbocycles. The van der Waals surface area contributed by atoms with Gasteiger partial charge in [0.05, 0.1) is 5.56 Å². The Morgan fingerprint density at radius 1 is 1.15 bits per heavy atom. The number of ketones is 1. The van der Waals surface area contributed by atoms with Gasteiger partial charge < -0.3 is 4.74 Å². The summed E-state index contributed by atoms with van der Waals surface area (Å²) in [7, 11) is 0. The summed E-state index contributed by atoms with van der Waals surface area (Å²) in [4.78, 5) is 11.7. The van der Waals surface area contributed by atoms with Crippen molar-refractivity contribution in [2.24, 2.45) is 0 Å². The zero-order valence-corrected chi connectivity index (χ0v) is 13.8. The van der Waals surface area contributed by atoms with Crippen molar-refractivity contribution < 1.29 is 9.53 Å². The number of carbonyl (C=O) groups excluding carboxylic acids is 1. The summed E-state index contributed by atoms with van der Waals surface area (Å²) in [5, 5.41) is 0.674. The third-order valence-corrected chi connectivity index (χ3v) is 3.67. The van der Waals surface area contributed by atoms with Crippen molar-refractivity contribution in [1.82, 2.24) is 0 Å². The average Bonchev–Trinajstić information content (AvgIpc) is 2.33. The van der Waals surface area contributed by atoms with Crippen LogP contribution in [0.1, 0.15) is 28.4 Å². The predicted octanol–water partition coefficient (Wildman–Crippen LogP) is 5.71. The van der Waals surface area contributed by atoms with Crippen LogP contribution in [0.2, 0.25) is 5.02 Å². The third kappa shape index (κ3) is 3.22. The van der Waals surface area contributed by atoms with E-state index in [0.717, 1.165) is 21.3 Å². The van der Waals surface area contributed by atoms with Crippen LogP contribution in [-0.2, 0) is 0 Å². The lowest BCUT2D eigenvalue weighted by atomic mass is 10.1. The number of hydrogen-bond acceptors (Lipinski definition) is 2. The molecule has 0 aliphatic rings. The third-order valence-electron chi connectivity index (χ3n) is 2.96. The highest BCUT2D eigenvalue weighted by atomic mass is 79.9. The van der Waals surface area contributed by atoms with Gasteiger partial charge in [-0.15, -0.1) is 0 Å². The molecular weight excluding hydrogens is 340 g/mol. The molecule has 0 unspecified atom stereocenters. The number of hydrogen-bond donors (Lipinski definition) is 0. The van der Waals surface area contributed by atoms with Gasteiger partial charge in [0.2, 0.25) is 0 Å². The Morgan fingerprint density at radius 3 is 2.30 bits per heavy atom. The van der Waals surface area contributed by atoms with Gasteiger partial charge in [-0.3, -0.25) is 4.79 Å². The second-order valence-corrected chi connectivity index (χ2v) is 6.02. The summed E-state index contributed by atoms with van der Waals surface area (Å²) in [6.45, 7) is 5.39. The number of halogens is 2. The molecule has 0 aliphatic carbocycles. The van der Waals surface area contributed by atoms with Crippen molar-refractivity contribution in [2.75, 3.05) is 0 Å². The van der Waals surface area contributed by atoms with E-state index in [-0.39, 0.29) is 5.78 Å². The van der Waals surface area contributed by atoms with Crippen molar-refractivity contribution in [2.45, 2.75) is 20.8 Å². The highest BCUT2D eigenvalue weighted by Gasteiger charge is 2.13. The number of Topliss-reactive ketones (excluding diaryl/α,β-unsaturated/α-hetero) is 1. The SMILES string of the molecule is CC(=O)c1ccc(Br)cc1Oc1c(C)cc(Cl)cc1C. The Labute approximate surface area is 131 Å². The molecule has 0 amide bonds.